The van der Waals surface area contributed by atoms with Crippen LogP contribution in [-0.2, 0) is 4.79 Å². The van der Waals surface area contributed by atoms with Crippen LogP contribution in [0.2, 0.25) is 0 Å². The van der Waals surface area contributed by atoms with E-state index < -0.39 is 0 Å². The van der Waals surface area contributed by atoms with Crippen molar-refractivity contribution < 1.29 is 14.3 Å². The molecule has 4 bridgehead atoms. The standard InChI is InChI=1S/C24H31BrN2O3S/c1-29-19-5-4-18(9-20(19)30-2)26-22-27(6-3-7-31-22)21(28)14-23-10-16-8-17(11-23)13-24(25,12-16)15-23/h4-5,9,16-17H,3,6-8,10-15H2,1-2H3/t16-,17-,23?,24?/m0/s1. The van der Waals surface area contributed by atoms with Crippen LogP contribution in [0, 0.1) is 17.3 Å². The Morgan fingerprint density at radius 3 is 2.61 bits per heavy atom. The summed E-state index contributed by atoms with van der Waals surface area (Å²) in [6, 6.07) is 5.65. The Balaban J connectivity index is 1.36. The zero-order valence-electron chi connectivity index (χ0n) is 18.4. The third-order valence-corrected chi connectivity index (χ3v) is 9.51. The SMILES string of the molecule is COc1ccc(N=C2SCCCN2C(=O)CC23C[C@@H]4C[C@H](CC(Br)(C4)C2)C3)cc1OC. The summed E-state index contributed by atoms with van der Waals surface area (Å²) in [6.45, 7) is 0.764. The number of carbonyl (C=O) groups excluding carboxylic acids is 1. The molecule has 2 atom stereocenters. The van der Waals surface area contributed by atoms with Crippen LogP contribution in [0.15, 0.2) is 23.2 Å². The van der Waals surface area contributed by atoms with Gasteiger partial charge >= 0.3 is 0 Å². The van der Waals surface area contributed by atoms with Gasteiger partial charge < -0.3 is 9.47 Å². The van der Waals surface area contributed by atoms with Crippen molar-refractivity contribution >= 4 is 44.5 Å². The molecule has 0 spiro atoms. The molecule has 1 aromatic rings. The third kappa shape index (κ3) is 4.24. The number of ether oxygens (including phenoxy) is 2. The van der Waals surface area contributed by atoms with E-state index in [2.05, 4.69) is 15.9 Å². The summed E-state index contributed by atoms with van der Waals surface area (Å²) < 4.78 is 11.0. The van der Waals surface area contributed by atoms with Gasteiger partial charge in [-0.15, -0.1) is 0 Å². The van der Waals surface area contributed by atoms with Crippen molar-refractivity contribution in [2.45, 2.75) is 55.7 Å². The van der Waals surface area contributed by atoms with E-state index in [4.69, 9.17) is 14.5 Å². The van der Waals surface area contributed by atoms with Gasteiger partial charge in [0.15, 0.2) is 16.7 Å². The largest absolute Gasteiger partial charge is 0.493 e. The highest BCUT2D eigenvalue weighted by Crippen LogP contribution is 2.65. The van der Waals surface area contributed by atoms with Crippen molar-refractivity contribution in [1.29, 1.82) is 0 Å². The van der Waals surface area contributed by atoms with Gasteiger partial charge in [0.2, 0.25) is 5.91 Å². The minimum absolute atomic E-state index is 0.182. The summed E-state index contributed by atoms with van der Waals surface area (Å²) in [7, 11) is 3.25. The number of benzene rings is 1. The van der Waals surface area contributed by atoms with Crippen LogP contribution in [-0.4, -0.2) is 46.8 Å². The quantitative estimate of drug-likeness (QED) is 0.474. The number of nitrogens with zero attached hydrogens (tertiary/aromatic N) is 2. The van der Waals surface area contributed by atoms with Crippen LogP contribution in [0.5, 0.6) is 11.5 Å². The summed E-state index contributed by atoms with van der Waals surface area (Å²) in [5, 5.41) is 0.821. The second-order valence-electron chi connectivity index (χ2n) is 9.97. The van der Waals surface area contributed by atoms with Crippen molar-refractivity contribution in [3.05, 3.63) is 18.2 Å². The zero-order valence-corrected chi connectivity index (χ0v) is 20.8. The lowest BCUT2D eigenvalue weighted by Crippen LogP contribution is -2.54. The molecule has 5 nitrogen and oxygen atoms in total. The lowest BCUT2D eigenvalue weighted by atomic mass is 9.48. The molecule has 0 radical (unpaired) electrons. The van der Waals surface area contributed by atoms with Crippen LogP contribution < -0.4 is 9.47 Å². The van der Waals surface area contributed by atoms with Crippen LogP contribution in [0.25, 0.3) is 0 Å². The summed E-state index contributed by atoms with van der Waals surface area (Å²) in [6.07, 6.45) is 9.26. The first kappa shape index (κ1) is 21.6. The molecule has 5 fully saturated rings. The molecule has 168 valence electrons. The number of amidine groups is 1. The fraction of sp³-hybridized carbons (Fsp3) is 0.667. The number of methoxy groups -OCH3 is 2. The van der Waals surface area contributed by atoms with Crippen LogP contribution in [0.4, 0.5) is 5.69 Å². The topological polar surface area (TPSA) is 51.1 Å². The lowest BCUT2D eigenvalue weighted by molar-refractivity contribution is -0.134. The maximum atomic E-state index is 13.6. The fourth-order valence-electron chi connectivity index (χ4n) is 6.85. The van der Waals surface area contributed by atoms with Gasteiger partial charge in [-0.25, -0.2) is 4.99 Å². The second-order valence-corrected chi connectivity index (χ2v) is 12.7. The molecular formula is C24H31BrN2O3S. The zero-order chi connectivity index (χ0) is 21.6. The van der Waals surface area contributed by atoms with Gasteiger partial charge in [0, 0.05) is 29.1 Å². The van der Waals surface area contributed by atoms with E-state index in [9.17, 15) is 4.79 Å². The van der Waals surface area contributed by atoms with Gasteiger partial charge in [-0.1, -0.05) is 27.7 Å². The molecule has 1 heterocycles. The van der Waals surface area contributed by atoms with Crippen molar-refractivity contribution in [1.82, 2.24) is 4.90 Å². The molecule has 1 amide bonds. The molecule has 0 aromatic heterocycles. The van der Waals surface area contributed by atoms with E-state index in [1.54, 1.807) is 26.0 Å². The van der Waals surface area contributed by atoms with E-state index >= 15 is 0 Å². The van der Waals surface area contributed by atoms with E-state index in [1.807, 2.05) is 23.1 Å². The molecule has 1 aliphatic heterocycles. The molecule has 7 heteroatoms. The van der Waals surface area contributed by atoms with Gasteiger partial charge in [0.25, 0.3) is 0 Å². The summed E-state index contributed by atoms with van der Waals surface area (Å²) in [5.74, 6) is 4.17. The smallest absolute Gasteiger partial charge is 0.229 e. The van der Waals surface area contributed by atoms with Gasteiger partial charge in [0.1, 0.15) is 0 Å². The summed E-state index contributed by atoms with van der Waals surface area (Å²) >= 11 is 5.77. The van der Waals surface area contributed by atoms with Gasteiger partial charge in [-0.3, -0.25) is 9.69 Å². The summed E-state index contributed by atoms with van der Waals surface area (Å²) in [4.78, 5) is 20.4. The highest BCUT2D eigenvalue weighted by Gasteiger charge is 2.57. The van der Waals surface area contributed by atoms with Crippen molar-refractivity contribution in [2.75, 3.05) is 26.5 Å². The Bertz CT molecular complexity index is 891. The number of aliphatic imine (C=N–C) groups is 1. The van der Waals surface area contributed by atoms with Crippen molar-refractivity contribution in [3.8, 4) is 11.5 Å². The Morgan fingerprint density at radius 2 is 1.94 bits per heavy atom. The molecule has 1 saturated heterocycles. The normalized spacial score (nSPS) is 35.5. The van der Waals surface area contributed by atoms with Crippen molar-refractivity contribution in [3.63, 3.8) is 0 Å². The first-order valence-corrected chi connectivity index (χ1v) is 13.1. The highest BCUT2D eigenvalue weighted by molar-refractivity contribution is 9.10. The van der Waals surface area contributed by atoms with E-state index in [0.717, 1.165) is 47.8 Å². The number of halogens is 1. The predicted molar refractivity (Wildman–Crippen MR) is 129 cm³/mol. The van der Waals surface area contributed by atoms with E-state index in [0.29, 0.717) is 17.9 Å². The van der Waals surface area contributed by atoms with Gasteiger partial charge in [0.05, 0.1) is 19.9 Å². The third-order valence-electron chi connectivity index (χ3n) is 7.52. The highest BCUT2D eigenvalue weighted by atomic mass is 79.9. The molecule has 0 unspecified atom stereocenters. The fourth-order valence-corrected chi connectivity index (χ4v) is 9.33. The van der Waals surface area contributed by atoms with Gasteiger partial charge in [-0.05, 0) is 74.3 Å². The second kappa shape index (κ2) is 8.29. The maximum absolute atomic E-state index is 13.6. The Kier molecular flexibility index (Phi) is 5.78. The first-order chi connectivity index (χ1) is 14.9. The average Bonchev–Trinajstić information content (AvgIpc) is 2.71. The number of rotatable bonds is 5. The molecule has 4 saturated carbocycles. The van der Waals surface area contributed by atoms with Crippen LogP contribution in [0.1, 0.15) is 51.4 Å². The van der Waals surface area contributed by atoms with E-state index in [-0.39, 0.29) is 15.6 Å². The van der Waals surface area contributed by atoms with E-state index in [1.165, 1.54) is 32.1 Å². The number of hydrogen-bond acceptors (Lipinski definition) is 5. The molecule has 5 aliphatic rings. The molecular weight excluding hydrogens is 476 g/mol. The molecule has 6 rings (SSSR count). The van der Waals surface area contributed by atoms with Crippen molar-refractivity contribution in [2.24, 2.45) is 22.2 Å². The predicted octanol–water partition coefficient (Wildman–Crippen LogP) is 5.78. The van der Waals surface area contributed by atoms with Crippen LogP contribution >= 0.6 is 27.7 Å². The lowest BCUT2D eigenvalue weighted by Gasteiger charge is -2.60. The Hall–Kier alpha value is -1.21. The molecule has 4 aliphatic carbocycles. The number of carbonyl (C=O) groups is 1. The minimum Gasteiger partial charge on any atom is -0.493 e. The summed E-state index contributed by atoms with van der Waals surface area (Å²) in [5.41, 5.74) is 0.968. The average molecular weight is 507 g/mol. The number of amides is 1. The first-order valence-electron chi connectivity index (χ1n) is 11.3. The monoisotopic (exact) mass is 506 g/mol. The number of alkyl halides is 1. The minimum atomic E-state index is 0.182. The Labute approximate surface area is 197 Å². The molecule has 1 aromatic carbocycles. The number of thioether (sulfide) groups is 1. The Morgan fingerprint density at radius 1 is 1.19 bits per heavy atom. The molecule has 0 N–H and O–H groups in total. The number of hydrogen-bond donors (Lipinski definition) is 0. The molecule has 31 heavy (non-hydrogen) atoms. The maximum Gasteiger partial charge on any atom is 0.229 e. The van der Waals surface area contributed by atoms with Crippen LogP contribution in [0.3, 0.4) is 0 Å². The van der Waals surface area contributed by atoms with Gasteiger partial charge in [-0.2, -0.15) is 0 Å².